The van der Waals surface area contributed by atoms with Crippen molar-refractivity contribution in [3.63, 3.8) is 0 Å². The molecule has 166 valence electrons. The number of aromatic nitrogens is 4. The molecule has 1 aromatic carbocycles. The minimum absolute atomic E-state index is 0.361. The summed E-state index contributed by atoms with van der Waals surface area (Å²) in [5.41, 5.74) is 1.78. The van der Waals surface area contributed by atoms with Crippen LogP contribution in [-0.2, 0) is 5.75 Å². The lowest BCUT2D eigenvalue weighted by molar-refractivity contribution is 0.324. The van der Waals surface area contributed by atoms with Crippen molar-refractivity contribution in [2.45, 2.75) is 56.0 Å². The summed E-state index contributed by atoms with van der Waals surface area (Å²) < 4.78 is 24.1. The first-order chi connectivity index (χ1) is 15.1. The number of methoxy groups -OCH3 is 3. The van der Waals surface area contributed by atoms with Gasteiger partial charge in [0.15, 0.2) is 22.5 Å². The van der Waals surface area contributed by atoms with Gasteiger partial charge < -0.3 is 18.7 Å². The highest BCUT2D eigenvalue weighted by molar-refractivity contribution is 7.98. The lowest BCUT2D eigenvalue weighted by Crippen LogP contribution is -2.15. The highest BCUT2D eigenvalue weighted by atomic mass is 32.2. The Labute approximate surface area is 186 Å². The van der Waals surface area contributed by atoms with Gasteiger partial charge in [-0.25, -0.2) is 0 Å². The maximum absolute atomic E-state index is 5.55. The summed E-state index contributed by atoms with van der Waals surface area (Å²) >= 11 is 1.63. The maximum atomic E-state index is 5.55. The molecule has 0 bridgehead atoms. The molecule has 0 spiro atoms. The van der Waals surface area contributed by atoms with Gasteiger partial charge in [0.2, 0.25) is 5.75 Å². The molecule has 1 aliphatic carbocycles. The fraction of sp³-hybridized carbons (Fsp3) is 0.500. The number of aryl methyl sites for hydroxylation is 1. The van der Waals surface area contributed by atoms with Crippen molar-refractivity contribution in [2.24, 2.45) is 0 Å². The highest BCUT2D eigenvalue weighted by Gasteiger charge is 2.26. The van der Waals surface area contributed by atoms with E-state index < -0.39 is 0 Å². The largest absolute Gasteiger partial charge is 0.493 e. The van der Waals surface area contributed by atoms with E-state index in [1.54, 1.807) is 33.1 Å². The van der Waals surface area contributed by atoms with E-state index in [9.17, 15) is 0 Å². The smallest absolute Gasteiger partial charge is 0.203 e. The molecule has 3 aromatic rings. The molecule has 8 nitrogen and oxygen atoms in total. The third kappa shape index (κ3) is 4.51. The molecule has 1 saturated carbocycles. The third-order valence-corrected chi connectivity index (χ3v) is 6.53. The van der Waals surface area contributed by atoms with Gasteiger partial charge in [-0.3, -0.25) is 4.57 Å². The lowest BCUT2D eigenvalue weighted by atomic mass is 9.95. The van der Waals surface area contributed by atoms with Crippen molar-refractivity contribution < 1.29 is 18.7 Å². The van der Waals surface area contributed by atoms with Crippen molar-refractivity contribution in [1.82, 2.24) is 19.9 Å². The molecule has 2 aromatic heterocycles. The Bertz CT molecular complexity index is 1000. The number of nitrogens with zero attached hydrogens (tertiary/aromatic N) is 4. The zero-order valence-corrected chi connectivity index (χ0v) is 19.2. The van der Waals surface area contributed by atoms with Crippen molar-refractivity contribution >= 4 is 11.8 Å². The van der Waals surface area contributed by atoms with E-state index in [2.05, 4.69) is 19.9 Å². The van der Waals surface area contributed by atoms with E-state index in [1.165, 1.54) is 19.3 Å². The second-order valence-electron chi connectivity index (χ2n) is 7.60. The number of hydrogen-bond donors (Lipinski definition) is 0. The molecule has 0 amide bonds. The van der Waals surface area contributed by atoms with Crippen molar-refractivity contribution in [1.29, 1.82) is 0 Å². The Balaban J connectivity index is 1.74. The average molecular weight is 445 g/mol. The molecule has 2 heterocycles. The van der Waals surface area contributed by atoms with Gasteiger partial charge in [-0.1, -0.05) is 36.2 Å². The van der Waals surface area contributed by atoms with Crippen LogP contribution < -0.4 is 14.2 Å². The normalized spacial score (nSPS) is 14.6. The van der Waals surface area contributed by atoms with Gasteiger partial charge in [0, 0.05) is 23.4 Å². The quantitative estimate of drug-likeness (QED) is 0.446. The number of ether oxygens (including phenoxy) is 3. The molecule has 31 heavy (non-hydrogen) atoms. The SMILES string of the molecule is COc1cc(-c2nnc(SCc3cc(C)on3)n2C2CCCCC2)cc(OC)c1OC. The van der Waals surface area contributed by atoms with E-state index in [4.69, 9.17) is 18.7 Å². The third-order valence-electron chi connectivity index (χ3n) is 5.55. The Kier molecular flexibility index (Phi) is 6.70. The van der Waals surface area contributed by atoms with E-state index in [0.717, 1.165) is 40.8 Å². The van der Waals surface area contributed by atoms with Crippen LogP contribution in [0, 0.1) is 6.92 Å². The number of thioether (sulfide) groups is 1. The van der Waals surface area contributed by atoms with Crippen LogP contribution in [-0.4, -0.2) is 41.3 Å². The van der Waals surface area contributed by atoms with Crippen LogP contribution >= 0.6 is 11.8 Å². The molecular formula is C22H28N4O4S. The van der Waals surface area contributed by atoms with Crippen LogP contribution in [0.15, 0.2) is 27.9 Å². The Morgan fingerprint density at radius 3 is 2.29 bits per heavy atom. The van der Waals surface area contributed by atoms with Crippen LogP contribution in [0.3, 0.4) is 0 Å². The summed E-state index contributed by atoms with van der Waals surface area (Å²) in [5, 5.41) is 14.1. The van der Waals surface area contributed by atoms with Crippen LogP contribution in [0.1, 0.15) is 49.6 Å². The zero-order valence-electron chi connectivity index (χ0n) is 18.4. The van der Waals surface area contributed by atoms with Crippen LogP contribution in [0.4, 0.5) is 0 Å². The molecule has 0 radical (unpaired) electrons. The first-order valence-electron chi connectivity index (χ1n) is 10.4. The predicted octanol–water partition coefficient (Wildman–Crippen LogP) is 5.06. The summed E-state index contributed by atoms with van der Waals surface area (Å²) in [5.74, 6) is 4.06. The van der Waals surface area contributed by atoms with Gasteiger partial charge >= 0.3 is 0 Å². The summed E-state index contributed by atoms with van der Waals surface area (Å²) in [6.07, 6.45) is 5.94. The van der Waals surface area contributed by atoms with Crippen molar-refractivity contribution in [3.05, 3.63) is 29.7 Å². The van der Waals surface area contributed by atoms with Crippen LogP contribution in [0.25, 0.3) is 11.4 Å². The van der Waals surface area contributed by atoms with Crippen molar-refractivity contribution in [3.8, 4) is 28.6 Å². The molecule has 0 atom stereocenters. The molecule has 1 aliphatic rings. The predicted molar refractivity (Wildman–Crippen MR) is 118 cm³/mol. The number of benzene rings is 1. The molecule has 0 unspecified atom stereocenters. The first kappa shape index (κ1) is 21.5. The van der Waals surface area contributed by atoms with E-state index in [1.807, 2.05) is 25.1 Å². The Morgan fingerprint density at radius 2 is 1.71 bits per heavy atom. The fourth-order valence-corrected chi connectivity index (χ4v) is 4.96. The molecule has 0 N–H and O–H groups in total. The van der Waals surface area contributed by atoms with Gasteiger partial charge in [-0.2, -0.15) is 0 Å². The topological polar surface area (TPSA) is 84.4 Å². The summed E-state index contributed by atoms with van der Waals surface area (Å²) in [6, 6.07) is 6.17. The first-order valence-corrected chi connectivity index (χ1v) is 11.4. The highest BCUT2D eigenvalue weighted by Crippen LogP contribution is 2.43. The van der Waals surface area contributed by atoms with E-state index in [-0.39, 0.29) is 0 Å². The molecule has 0 saturated heterocycles. The monoisotopic (exact) mass is 444 g/mol. The minimum atomic E-state index is 0.361. The van der Waals surface area contributed by atoms with Crippen LogP contribution in [0.2, 0.25) is 0 Å². The Hall–Kier alpha value is -2.68. The Morgan fingerprint density at radius 1 is 1.00 bits per heavy atom. The van der Waals surface area contributed by atoms with Crippen molar-refractivity contribution in [2.75, 3.05) is 21.3 Å². The second kappa shape index (κ2) is 9.64. The fourth-order valence-electron chi connectivity index (χ4n) is 4.08. The van der Waals surface area contributed by atoms with Crippen LogP contribution in [0.5, 0.6) is 17.2 Å². The summed E-state index contributed by atoms with van der Waals surface area (Å²) in [7, 11) is 4.84. The van der Waals surface area contributed by atoms with E-state index >= 15 is 0 Å². The number of rotatable bonds is 8. The molecule has 4 rings (SSSR count). The van der Waals surface area contributed by atoms with Gasteiger partial charge in [0.05, 0.1) is 27.0 Å². The maximum Gasteiger partial charge on any atom is 0.203 e. The van der Waals surface area contributed by atoms with Gasteiger partial charge in [-0.15, -0.1) is 10.2 Å². The average Bonchev–Trinajstić information content (AvgIpc) is 3.43. The standard InChI is InChI=1S/C22H28N4O4S/c1-14-10-16(25-30-14)13-31-22-24-23-21(26(22)17-8-6-5-7-9-17)15-11-18(27-2)20(29-4)19(12-15)28-3/h10-12,17H,5-9,13H2,1-4H3. The van der Waals surface area contributed by atoms with Gasteiger partial charge in [0.25, 0.3) is 0 Å². The molecule has 0 aliphatic heterocycles. The summed E-state index contributed by atoms with van der Waals surface area (Å²) in [4.78, 5) is 0. The van der Waals surface area contributed by atoms with Gasteiger partial charge in [0.1, 0.15) is 5.76 Å². The molecule has 9 heteroatoms. The second-order valence-corrected chi connectivity index (χ2v) is 8.54. The lowest BCUT2D eigenvalue weighted by Gasteiger charge is -2.26. The van der Waals surface area contributed by atoms with E-state index in [0.29, 0.717) is 29.0 Å². The molecular weight excluding hydrogens is 416 g/mol. The summed E-state index contributed by atoms with van der Waals surface area (Å²) in [6.45, 7) is 1.90. The minimum Gasteiger partial charge on any atom is -0.493 e. The molecule has 1 fully saturated rings. The number of hydrogen-bond acceptors (Lipinski definition) is 8. The van der Waals surface area contributed by atoms with Gasteiger partial charge in [-0.05, 0) is 31.9 Å². The zero-order chi connectivity index (χ0) is 21.8.